The molecule has 24 heavy (non-hydrogen) atoms. The standard InChI is InChI=1S/C14H17F3N2O4S/c1-2-10(14(20)21)18-5-7-19(8-6-18)24(22,23)11-4-3-9(15)12(16)13(11)17/h3-4,10H,2,5-8H2,1H3,(H,20,21). The van der Waals surface area contributed by atoms with Crippen molar-refractivity contribution >= 4 is 16.0 Å². The van der Waals surface area contributed by atoms with E-state index in [4.69, 9.17) is 5.11 Å². The third kappa shape index (κ3) is 3.40. The first-order valence-corrected chi connectivity index (χ1v) is 8.74. The second kappa shape index (κ2) is 7.08. The van der Waals surface area contributed by atoms with Crippen LogP contribution in [0.25, 0.3) is 0 Å². The molecule has 1 heterocycles. The summed E-state index contributed by atoms with van der Waals surface area (Å²) < 4.78 is 65.8. The minimum Gasteiger partial charge on any atom is -0.480 e. The van der Waals surface area contributed by atoms with Crippen molar-refractivity contribution in [1.82, 2.24) is 9.21 Å². The molecule has 10 heteroatoms. The fourth-order valence-corrected chi connectivity index (χ4v) is 4.17. The Bertz CT molecular complexity index is 734. The predicted molar refractivity (Wildman–Crippen MR) is 78.4 cm³/mol. The summed E-state index contributed by atoms with van der Waals surface area (Å²) in [4.78, 5) is 11.8. The van der Waals surface area contributed by atoms with Crippen LogP contribution in [0.1, 0.15) is 13.3 Å². The number of rotatable bonds is 5. The number of hydrogen-bond donors (Lipinski definition) is 1. The second-order valence-electron chi connectivity index (χ2n) is 5.38. The highest BCUT2D eigenvalue weighted by Crippen LogP contribution is 2.24. The Morgan fingerprint density at radius 3 is 2.25 bits per heavy atom. The van der Waals surface area contributed by atoms with E-state index in [1.165, 1.54) is 0 Å². The second-order valence-corrected chi connectivity index (χ2v) is 7.28. The monoisotopic (exact) mass is 366 g/mol. The number of sulfonamides is 1. The third-order valence-corrected chi connectivity index (χ3v) is 5.92. The summed E-state index contributed by atoms with van der Waals surface area (Å²) in [6.07, 6.45) is 0.361. The Balaban J connectivity index is 2.19. The topological polar surface area (TPSA) is 77.9 Å². The summed E-state index contributed by atoms with van der Waals surface area (Å²) >= 11 is 0. The maximum atomic E-state index is 13.8. The summed E-state index contributed by atoms with van der Waals surface area (Å²) in [5.41, 5.74) is 0. The van der Waals surface area contributed by atoms with Crippen LogP contribution in [0.4, 0.5) is 13.2 Å². The van der Waals surface area contributed by atoms with E-state index in [1.807, 2.05) is 0 Å². The van der Waals surface area contributed by atoms with Gasteiger partial charge in [-0.15, -0.1) is 0 Å². The van der Waals surface area contributed by atoms with Crippen molar-refractivity contribution in [2.45, 2.75) is 24.3 Å². The average Bonchev–Trinajstić information content (AvgIpc) is 2.53. The van der Waals surface area contributed by atoms with Crippen molar-refractivity contribution in [3.05, 3.63) is 29.6 Å². The van der Waals surface area contributed by atoms with Gasteiger partial charge in [-0.1, -0.05) is 6.92 Å². The average molecular weight is 366 g/mol. The van der Waals surface area contributed by atoms with Crippen LogP contribution in [0.2, 0.25) is 0 Å². The normalized spacial score (nSPS) is 18.5. The molecule has 1 aliphatic rings. The number of hydrogen-bond acceptors (Lipinski definition) is 4. The molecule has 134 valence electrons. The van der Waals surface area contributed by atoms with Crippen LogP contribution in [-0.2, 0) is 14.8 Å². The molecule has 0 saturated carbocycles. The van der Waals surface area contributed by atoms with Gasteiger partial charge in [0.1, 0.15) is 10.9 Å². The molecule has 2 rings (SSSR count). The molecule has 0 radical (unpaired) electrons. The molecule has 0 amide bonds. The van der Waals surface area contributed by atoms with E-state index >= 15 is 0 Å². The molecule has 1 aliphatic heterocycles. The largest absolute Gasteiger partial charge is 0.480 e. The van der Waals surface area contributed by atoms with E-state index in [2.05, 4.69) is 0 Å². The Labute approximate surface area is 137 Å². The zero-order chi connectivity index (χ0) is 18.1. The summed E-state index contributed by atoms with van der Waals surface area (Å²) in [7, 11) is -4.33. The number of carboxylic acids is 1. The maximum absolute atomic E-state index is 13.8. The van der Waals surface area contributed by atoms with Gasteiger partial charge < -0.3 is 5.11 Å². The number of halogens is 3. The van der Waals surface area contributed by atoms with Crippen molar-refractivity contribution in [2.75, 3.05) is 26.2 Å². The minimum atomic E-state index is -4.33. The van der Waals surface area contributed by atoms with Crippen LogP contribution < -0.4 is 0 Å². The first kappa shape index (κ1) is 18.7. The van der Waals surface area contributed by atoms with Crippen LogP contribution >= 0.6 is 0 Å². The van der Waals surface area contributed by atoms with Crippen LogP contribution in [0.3, 0.4) is 0 Å². The molecule has 1 aromatic carbocycles. The van der Waals surface area contributed by atoms with Gasteiger partial charge in [-0.05, 0) is 18.6 Å². The Morgan fingerprint density at radius 1 is 1.17 bits per heavy atom. The first-order valence-electron chi connectivity index (χ1n) is 7.30. The predicted octanol–water partition coefficient (Wildman–Crippen LogP) is 1.27. The van der Waals surface area contributed by atoms with E-state index in [9.17, 15) is 26.4 Å². The van der Waals surface area contributed by atoms with E-state index in [-0.39, 0.29) is 26.2 Å². The molecule has 1 saturated heterocycles. The molecule has 0 aromatic heterocycles. The highest BCUT2D eigenvalue weighted by molar-refractivity contribution is 7.89. The van der Waals surface area contributed by atoms with Gasteiger partial charge in [0.15, 0.2) is 17.5 Å². The van der Waals surface area contributed by atoms with Crippen molar-refractivity contribution in [3.63, 3.8) is 0 Å². The molecular formula is C14H17F3N2O4S. The maximum Gasteiger partial charge on any atom is 0.320 e. The lowest BCUT2D eigenvalue weighted by atomic mass is 10.1. The molecule has 1 fully saturated rings. The summed E-state index contributed by atoms with van der Waals surface area (Å²) in [6.45, 7) is 1.87. The zero-order valence-corrected chi connectivity index (χ0v) is 13.7. The van der Waals surface area contributed by atoms with Crippen LogP contribution in [0.5, 0.6) is 0 Å². The Kier molecular flexibility index (Phi) is 5.51. The van der Waals surface area contributed by atoms with E-state index < -0.39 is 44.4 Å². The van der Waals surface area contributed by atoms with E-state index in [0.29, 0.717) is 18.6 Å². The van der Waals surface area contributed by atoms with Crippen LogP contribution in [0.15, 0.2) is 17.0 Å². The molecule has 6 nitrogen and oxygen atoms in total. The third-order valence-electron chi connectivity index (χ3n) is 4.00. The highest BCUT2D eigenvalue weighted by Gasteiger charge is 2.35. The molecule has 1 aromatic rings. The lowest BCUT2D eigenvalue weighted by Gasteiger charge is -2.36. The number of benzene rings is 1. The molecule has 0 spiro atoms. The molecular weight excluding hydrogens is 349 g/mol. The van der Waals surface area contributed by atoms with Gasteiger partial charge in [-0.3, -0.25) is 9.69 Å². The van der Waals surface area contributed by atoms with Gasteiger partial charge in [0.25, 0.3) is 0 Å². The van der Waals surface area contributed by atoms with Gasteiger partial charge in [0.05, 0.1) is 0 Å². The lowest BCUT2D eigenvalue weighted by Crippen LogP contribution is -2.53. The summed E-state index contributed by atoms with van der Waals surface area (Å²) in [5.74, 6) is -6.06. The van der Waals surface area contributed by atoms with Gasteiger partial charge in [0, 0.05) is 26.2 Å². The number of carbonyl (C=O) groups is 1. The Hall–Kier alpha value is -1.65. The number of nitrogens with zero attached hydrogens (tertiary/aromatic N) is 2. The lowest BCUT2D eigenvalue weighted by molar-refractivity contribution is -0.143. The molecule has 1 N–H and O–H groups in total. The highest BCUT2D eigenvalue weighted by atomic mass is 32.2. The number of piperazine rings is 1. The smallest absolute Gasteiger partial charge is 0.320 e. The van der Waals surface area contributed by atoms with Crippen molar-refractivity contribution in [2.24, 2.45) is 0 Å². The van der Waals surface area contributed by atoms with Crippen molar-refractivity contribution < 1.29 is 31.5 Å². The summed E-state index contributed by atoms with van der Waals surface area (Å²) in [5, 5.41) is 9.12. The zero-order valence-electron chi connectivity index (χ0n) is 12.9. The van der Waals surface area contributed by atoms with Crippen LogP contribution in [-0.4, -0.2) is 60.9 Å². The SMILES string of the molecule is CCC(C(=O)O)N1CCN(S(=O)(=O)c2ccc(F)c(F)c2F)CC1. The van der Waals surface area contributed by atoms with Gasteiger partial charge in [0.2, 0.25) is 10.0 Å². The fourth-order valence-electron chi connectivity index (χ4n) is 2.69. The van der Waals surface area contributed by atoms with Gasteiger partial charge in [-0.2, -0.15) is 4.31 Å². The van der Waals surface area contributed by atoms with Gasteiger partial charge in [-0.25, -0.2) is 21.6 Å². The molecule has 0 aliphatic carbocycles. The molecule has 0 bridgehead atoms. The fraction of sp³-hybridized carbons (Fsp3) is 0.500. The van der Waals surface area contributed by atoms with Crippen molar-refractivity contribution in [1.29, 1.82) is 0 Å². The number of aliphatic carboxylic acids is 1. The molecule has 1 atom stereocenters. The van der Waals surface area contributed by atoms with E-state index in [1.54, 1.807) is 11.8 Å². The molecule has 1 unspecified atom stereocenters. The first-order chi connectivity index (χ1) is 11.2. The quantitative estimate of drug-likeness (QED) is 0.795. The Morgan fingerprint density at radius 2 is 1.75 bits per heavy atom. The summed E-state index contributed by atoms with van der Waals surface area (Å²) in [6, 6.07) is 0.510. The van der Waals surface area contributed by atoms with Gasteiger partial charge >= 0.3 is 5.97 Å². The van der Waals surface area contributed by atoms with Crippen molar-refractivity contribution in [3.8, 4) is 0 Å². The number of carboxylic acid groups (broad SMARTS) is 1. The minimum absolute atomic E-state index is 0.0649. The van der Waals surface area contributed by atoms with E-state index in [0.717, 1.165) is 4.31 Å². The van der Waals surface area contributed by atoms with Crippen LogP contribution in [0, 0.1) is 17.5 Å².